The van der Waals surface area contributed by atoms with E-state index in [9.17, 15) is 0 Å². The van der Waals surface area contributed by atoms with Gasteiger partial charge in [0.25, 0.3) is 0 Å². The van der Waals surface area contributed by atoms with E-state index in [-0.39, 0.29) is 11.6 Å². The summed E-state index contributed by atoms with van der Waals surface area (Å²) in [6, 6.07) is 9.21. The molecule has 1 fully saturated rings. The number of rotatable bonds is 7. The van der Waals surface area contributed by atoms with Crippen molar-refractivity contribution in [1.29, 1.82) is 0 Å². The molecule has 0 bridgehead atoms. The SMILES string of the molecule is CCC(CC)(C(NN)c1cccc(C2CCC2)c1)N(C)C. The Kier molecular flexibility index (Phi) is 5.42. The number of nitrogens with two attached hydrogens (primary N) is 1. The molecule has 0 saturated heterocycles. The molecule has 1 aliphatic carbocycles. The average Bonchev–Trinajstić information content (AvgIpc) is 2.43. The fourth-order valence-corrected chi connectivity index (χ4v) is 3.84. The zero-order chi connectivity index (χ0) is 15.5. The lowest BCUT2D eigenvalue weighted by Crippen LogP contribution is -2.54. The number of nitrogens with one attached hydrogen (secondary N) is 1. The highest BCUT2D eigenvalue weighted by Gasteiger charge is 2.38. The number of nitrogens with zero attached hydrogens (tertiary/aromatic N) is 1. The molecule has 1 unspecified atom stereocenters. The van der Waals surface area contributed by atoms with Gasteiger partial charge in [0, 0.05) is 5.54 Å². The largest absolute Gasteiger partial charge is 0.302 e. The molecule has 0 amide bonds. The first-order valence-corrected chi connectivity index (χ1v) is 8.32. The lowest BCUT2D eigenvalue weighted by molar-refractivity contribution is 0.0881. The Morgan fingerprint density at radius 3 is 2.38 bits per heavy atom. The highest BCUT2D eigenvalue weighted by atomic mass is 15.3. The van der Waals surface area contributed by atoms with Crippen molar-refractivity contribution in [1.82, 2.24) is 10.3 Å². The maximum absolute atomic E-state index is 5.98. The van der Waals surface area contributed by atoms with Crippen LogP contribution in [0.4, 0.5) is 0 Å². The second-order valence-corrected chi connectivity index (χ2v) is 6.60. The Bertz CT molecular complexity index is 448. The van der Waals surface area contributed by atoms with Gasteiger partial charge in [0.15, 0.2) is 0 Å². The van der Waals surface area contributed by atoms with E-state index in [1.165, 1.54) is 30.4 Å². The predicted molar refractivity (Wildman–Crippen MR) is 90.1 cm³/mol. The van der Waals surface area contributed by atoms with Crippen LogP contribution in [-0.4, -0.2) is 24.5 Å². The Balaban J connectivity index is 2.35. The lowest BCUT2D eigenvalue weighted by Gasteiger charge is -2.45. The minimum atomic E-state index is 0.0486. The molecule has 3 nitrogen and oxygen atoms in total. The average molecular weight is 289 g/mol. The summed E-state index contributed by atoms with van der Waals surface area (Å²) in [7, 11) is 4.32. The number of hydrazine groups is 1. The molecular weight excluding hydrogens is 258 g/mol. The zero-order valence-corrected chi connectivity index (χ0v) is 14.0. The molecule has 3 N–H and O–H groups in total. The molecule has 1 saturated carbocycles. The van der Waals surface area contributed by atoms with Crippen LogP contribution in [0.2, 0.25) is 0 Å². The van der Waals surface area contributed by atoms with Crippen molar-refractivity contribution in [2.24, 2.45) is 5.84 Å². The van der Waals surface area contributed by atoms with Crippen LogP contribution >= 0.6 is 0 Å². The van der Waals surface area contributed by atoms with E-state index in [1.807, 2.05) is 0 Å². The van der Waals surface area contributed by atoms with Gasteiger partial charge in [-0.05, 0) is 56.8 Å². The number of hydrogen-bond donors (Lipinski definition) is 2. The minimum Gasteiger partial charge on any atom is -0.302 e. The maximum atomic E-state index is 5.98. The summed E-state index contributed by atoms with van der Waals surface area (Å²) in [5, 5.41) is 0. The third kappa shape index (κ3) is 3.01. The van der Waals surface area contributed by atoms with Gasteiger partial charge in [-0.1, -0.05) is 44.5 Å². The molecule has 0 heterocycles. The Morgan fingerprint density at radius 2 is 1.95 bits per heavy atom. The molecule has 3 heteroatoms. The molecule has 0 radical (unpaired) electrons. The van der Waals surface area contributed by atoms with Gasteiger partial charge in [0.05, 0.1) is 6.04 Å². The topological polar surface area (TPSA) is 41.3 Å². The van der Waals surface area contributed by atoms with E-state index >= 15 is 0 Å². The fraction of sp³-hybridized carbons (Fsp3) is 0.667. The molecule has 1 aliphatic rings. The van der Waals surface area contributed by atoms with Crippen LogP contribution in [0, 0.1) is 0 Å². The van der Waals surface area contributed by atoms with Gasteiger partial charge >= 0.3 is 0 Å². The summed E-state index contributed by atoms with van der Waals surface area (Å²) in [5.74, 6) is 6.74. The third-order valence-electron chi connectivity index (χ3n) is 5.64. The van der Waals surface area contributed by atoms with Crippen molar-refractivity contribution < 1.29 is 0 Å². The second kappa shape index (κ2) is 6.91. The van der Waals surface area contributed by atoms with Crippen molar-refractivity contribution in [2.45, 2.75) is 63.5 Å². The van der Waals surface area contributed by atoms with Crippen LogP contribution in [0.3, 0.4) is 0 Å². The number of hydrogen-bond acceptors (Lipinski definition) is 3. The van der Waals surface area contributed by atoms with Crippen LogP contribution in [-0.2, 0) is 0 Å². The predicted octanol–water partition coefficient (Wildman–Crippen LogP) is 3.58. The van der Waals surface area contributed by atoms with E-state index in [0.29, 0.717) is 0 Å². The Hall–Kier alpha value is -0.900. The summed E-state index contributed by atoms with van der Waals surface area (Å²) in [6.07, 6.45) is 6.19. The molecule has 0 aliphatic heterocycles. The standard InChI is InChI=1S/C18H31N3/c1-5-18(6-2,21(3)4)17(20-19)16-12-8-11-15(13-16)14-9-7-10-14/h8,11-14,17,20H,5-7,9-10,19H2,1-4H3. The van der Waals surface area contributed by atoms with Crippen molar-refractivity contribution in [3.63, 3.8) is 0 Å². The highest BCUT2D eigenvalue weighted by Crippen LogP contribution is 2.39. The smallest absolute Gasteiger partial charge is 0.0643 e. The molecule has 0 aromatic heterocycles. The molecular formula is C18H31N3. The van der Waals surface area contributed by atoms with Crippen LogP contribution in [0.25, 0.3) is 0 Å². The minimum absolute atomic E-state index is 0.0486. The summed E-state index contributed by atoms with van der Waals surface area (Å²) in [4.78, 5) is 2.33. The maximum Gasteiger partial charge on any atom is 0.0643 e. The van der Waals surface area contributed by atoms with Gasteiger partial charge in [-0.25, -0.2) is 0 Å². The summed E-state index contributed by atoms with van der Waals surface area (Å²) >= 11 is 0. The molecule has 21 heavy (non-hydrogen) atoms. The van der Waals surface area contributed by atoms with Crippen LogP contribution < -0.4 is 11.3 Å². The van der Waals surface area contributed by atoms with Crippen molar-refractivity contribution in [3.8, 4) is 0 Å². The van der Waals surface area contributed by atoms with Gasteiger partial charge in [-0.3, -0.25) is 11.3 Å². The van der Waals surface area contributed by atoms with E-state index in [1.54, 1.807) is 0 Å². The second-order valence-electron chi connectivity index (χ2n) is 6.60. The molecule has 1 atom stereocenters. The summed E-state index contributed by atoms with van der Waals surface area (Å²) in [5.41, 5.74) is 5.96. The van der Waals surface area contributed by atoms with Gasteiger partial charge in [0.1, 0.15) is 0 Å². The quantitative estimate of drug-likeness (QED) is 0.595. The Labute approximate surface area is 129 Å². The third-order valence-corrected chi connectivity index (χ3v) is 5.64. The fourth-order valence-electron chi connectivity index (χ4n) is 3.84. The van der Waals surface area contributed by atoms with Crippen LogP contribution in [0.1, 0.15) is 69.0 Å². The first kappa shape index (κ1) is 16.5. The van der Waals surface area contributed by atoms with Crippen molar-refractivity contribution >= 4 is 0 Å². The van der Waals surface area contributed by atoms with Gasteiger partial charge in [-0.15, -0.1) is 0 Å². The zero-order valence-electron chi connectivity index (χ0n) is 14.0. The molecule has 1 aromatic rings. The first-order valence-electron chi connectivity index (χ1n) is 8.32. The highest BCUT2D eigenvalue weighted by molar-refractivity contribution is 5.31. The van der Waals surface area contributed by atoms with Gasteiger partial charge in [0.2, 0.25) is 0 Å². The molecule has 0 spiro atoms. The lowest BCUT2D eigenvalue weighted by atomic mass is 9.76. The molecule has 118 valence electrons. The van der Waals surface area contributed by atoms with Crippen LogP contribution in [0.15, 0.2) is 24.3 Å². The first-order chi connectivity index (χ1) is 10.1. The van der Waals surface area contributed by atoms with Crippen molar-refractivity contribution in [2.75, 3.05) is 14.1 Å². The summed E-state index contributed by atoms with van der Waals surface area (Å²) in [6.45, 7) is 4.51. The van der Waals surface area contributed by atoms with E-state index in [2.05, 4.69) is 62.5 Å². The molecule has 1 aromatic carbocycles. The monoisotopic (exact) mass is 289 g/mol. The Morgan fingerprint density at radius 1 is 1.29 bits per heavy atom. The van der Waals surface area contributed by atoms with Crippen molar-refractivity contribution in [3.05, 3.63) is 35.4 Å². The number of likely N-dealkylation sites (N-methyl/N-ethyl adjacent to an activating group) is 1. The normalized spacial score (nSPS) is 17.8. The number of benzene rings is 1. The van der Waals surface area contributed by atoms with E-state index in [0.717, 1.165) is 18.8 Å². The van der Waals surface area contributed by atoms with Crippen LogP contribution in [0.5, 0.6) is 0 Å². The van der Waals surface area contributed by atoms with E-state index in [4.69, 9.17) is 5.84 Å². The van der Waals surface area contributed by atoms with Gasteiger partial charge < -0.3 is 4.90 Å². The molecule has 2 rings (SSSR count). The van der Waals surface area contributed by atoms with Gasteiger partial charge in [-0.2, -0.15) is 0 Å². The summed E-state index contributed by atoms with van der Waals surface area (Å²) < 4.78 is 0. The van der Waals surface area contributed by atoms with E-state index < -0.39 is 0 Å².